The predicted molar refractivity (Wildman–Crippen MR) is 65.6 cm³/mol. The van der Waals surface area contributed by atoms with Gasteiger partial charge in [0, 0.05) is 18.0 Å². The van der Waals surface area contributed by atoms with Crippen LogP contribution in [0.25, 0.3) is 0 Å². The third kappa shape index (κ3) is 2.14. The monoisotopic (exact) mass is 220 g/mol. The van der Waals surface area contributed by atoms with Gasteiger partial charge in [0.25, 0.3) is 0 Å². The van der Waals surface area contributed by atoms with Gasteiger partial charge in [0.15, 0.2) is 5.78 Å². The predicted octanol–water partition coefficient (Wildman–Crippen LogP) is 2.38. The Morgan fingerprint density at radius 1 is 1.38 bits per heavy atom. The maximum Gasteiger partial charge on any atom is 0.184 e. The average Bonchev–Trinajstić information content (AvgIpc) is 2.32. The first-order chi connectivity index (χ1) is 7.58. The lowest BCUT2D eigenvalue weighted by molar-refractivity contribution is 0.0656. The lowest BCUT2D eigenvalue weighted by Crippen LogP contribution is -2.50. The van der Waals surface area contributed by atoms with E-state index in [1.165, 1.54) is 0 Å². The van der Waals surface area contributed by atoms with Gasteiger partial charge in [0.1, 0.15) is 0 Å². The molecule has 16 heavy (non-hydrogen) atoms. The molecule has 0 saturated carbocycles. The number of pyridine rings is 1. The molecule has 0 atom stereocenters. The van der Waals surface area contributed by atoms with Crippen LogP contribution in [-0.4, -0.2) is 35.3 Å². The molecule has 1 aromatic rings. The van der Waals surface area contributed by atoms with Gasteiger partial charge in [-0.1, -0.05) is 13.8 Å². The van der Waals surface area contributed by atoms with E-state index in [1.54, 1.807) is 18.5 Å². The first kappa shape index (κ1) is 12.8. The molecule has 0 radical (unpaired) electrons. The van der Waals surface area contributed by atoms with Crippen molar-refractivity contribution in [2.45, 2.75) is 32.2 Å². The molecule has 0 unspecified atom stereocenters. The second-order valence-electron chi connectivity index (χ2n) is 4.20. The Balaban J connectivity index is 3.10. The number of ketones is 1. The molecule has 0 fully saturated rings. The van der Waals surface area contributed by atoms with Gasteiger partial charge in [-0.2, -0.15) is 0 Å². The molecule has 1 aromatic heterocycles. The average molecular weight is 220 g/mol. The third-order valence-corrected chi connectivity index (χ3v) is 3.37. The zero-order valence-corrected chi connectivity index (χ0v) is 10.5. The fourth-order valence-electron chi connectivity index (χ4n) is 2.17. The van der Waals surface area contributed by atoms with E-state index in [2.05, 4.69) is 18.8 Å². The van der Waals surface area contributed by atoms with Gasteiger partial charge in [0.05, 0.1) is 5.54 Å². The van der Waals surface area contributed by atoms with Crippen molar-refractivity contribution in [1.29, 1.82) is 0 Å². The van der Waals surface area contributed by atoms with Crippen molar-refractivity contribution in [2.24, 2.45) is 0 Å². The Bertz CT molecular complexity index is 342. The Kier molecular flexibility index (Phi) is 4.19. The van der Waals surface area contributed by atoms with Gasteiger partial charge in [-0.05, 0) is 39.1 Å². The van der Waals surface area contributed by atoms with Crippen LogP contribution < -0.4 is 0 Å². The quantitative estimate of drug-likeness (QED) is 0.714. The van der Waals surface area contributed by atoms with Crippen molar-refractivity contribution in [3.63, 3.8) is 0 Å². The van der Waals surface area contributed by atoms with Gasteiger partial charge in [-0.3, -0.25) is 14.7 Å². The first-order valence-corrected chi connectivity index (χ1v) is 5.70. The van der Waals surface area contributed by atoms with Crippen LogP contribution in [0, 0.1) is 0 Å². The zero-order valence-electron chi connectivity index (χ0n) is 10.5. The number of Topliss-reactive ketones (excluding diaryl/α,β-unsaturated/α-hetero) is 1. The van der Waals surface area contributed by atoms with Crippen LogP contribution in [-0.2, 0) is 0 Å². The standard InChI is InChI=1S/C13H20N2O/c1-5-13(6-2,15(3)4)12(16)11-8-7-9-14-10-11/h7-10H,5-6H2,1-4H3. The minimum Gasteiger partial charge on any atom is -0.297 e. The summed E-state index contributed by atoms with van der Waals surface area (Å²) in [6, 6.07) is 3.64. The lowest BCUT2D eigenvalue weighted by Gasteiger charge is -2.36. The van der Waals surface area contributed by atoms with Crippen molar-refractivity contribution in [3.05, 3.63) is 30.1 Å². The van der Waals surface area contributed by atoms with Crippen molar-refractivity contribution in [1.82, 2.24) is 9.88 Å². The number of hydrogen-bond donors (Lipinski definition) is 0. The summed E-state index contributed by atoms with van der Waals surface area (Å²) in [5, 5.41) is 0. The topological polar surface area (TPSA) is 33.2 Å². The zero-order chi connectivity index (χ0) is 12.2. The van der Waals surface area contributed by atoms with Crippen LogP contribution in [0.3, 0.4) is 0 Å². The Morgan fingerprint density at radius 2 is 2.00 bits per heavy atom. The molecule has 0 saturated heterocycles. The van der Waals surface area contributed by atoms with Crippen LogP contribution in [0.5, 0.6) is 0 Å². The Morgan fingerprint density at radius 3 is 2.38 bits per heavy atom. The van der Waals surface area contributed by atoms with E-state index in [0.29, 0.717) is 5.56 Å². The van der Waals surface area contributed by atoms with Gasteiger partial charge in [-0.15, -0.1) is 0 Å². The van der Waals surface area contributed by atoms with E-state index < -0.39 is 5.54 Å². The van der Waals surface area contributed by atoms with Gasteiger partial charge < -0.3 is 0 Å². The van der Waals surface area contributed by atoms with Crippen molar-refractivity contribution in [3.8, 4) is 0 Å². The molecule has 0 N–H and O–H groups in total. The lowest BCUT2D eigenvalue weighted by atomic mass is 9.83. The molecule has 88 valence electrons. The maximum atomic E-state index is 12.5. The summed E-state index contributed by atoms with van der Waals surface area (Å²) in [4.78, 5) is 18.5. The molecular weight excluding hydrogens is 200 g/mol. The van der Waals surface area contributed by atoms with E-state index in [9.17, 15) is 4.79 Å². The van der Waals surface area contributed by atoms with E-state index in [0.717, 1.165) is 12.8 Å². The molecule has 0 spiro atoms. The summed E-state index contributed by atoms with van der Waals surface area (Å²) >= 11 is 0. The van der Waals surface area contributed by atoms with Crippen molar-refractivity contribution >= 4 is 5.78 Å². The van der Waals surface area contributed by atoms with E-state index in [4.69, 9.17) is 0 Å². The summed E-state index contributed by atoms with van der Waals surface area (Å²) in [6.07, 6.45) is 4.95. The van der Waals surface area contributed by atoms with E-state index in [1.807, 2.05) is 25.1 Å². The van der Waals surface area contributed by atoms with Crippen molar-refractivity contribution < 1.29 is 4.79 Å². The van der Waals surface area contributed by atoms with Crippen LogP contribution in [0.4, 0.5) is 0 Å². The highest BCUT2D eigenvalue weighted by Gasteiger charge is 2.37. The Labute approximate surface area is 97.5 Å². The fraction of sp³-hybridized carbons (Fsp3) is 0.538. The second-order valence-corrected chi connectivity index (χ2v) is 4.20. The van der Waals surface area contributed by atoms with Crippen LogP contribution in [0.2, 0.25) is 0 Å². The largest absolute Gasteiger partial charge is 0.297 e. The highest BCUT2D eigenvalue weighted by molar-refractivity contribution is 6.02. The van der Waals surface area contributed by atoms with Gasteiger partial charge in [-0.25, -0.2) is 0 Å². The normalized spacial score (nSPS) is 11.8. The number of carbonyl (C=O) groups excluding carboxylic acids is 1. The fourth-order valence-corrected chi connectivity index (χ4v) is 2.17. The van der Waals surface area contributed by atoms with E-state index >= 15 is 0 Å². The molecule has 0 aliphatic carbocycles. The molecule has 1 heterocycles. The summed E-state index contributed by atoms with van der Waals surface area (Å²) in [5.74, 6) is 0.163. The van der Waals surface area contributed by atoms with Gasteiger partial charge in [0.2, 0.25) is 0 Å². The van der Waals surface area contributed by atoms with Crippen LogP contribution >= 0.6 is 0 Å². The number of likely N-dealkylation sites (N-methyl/N-ethyl adjacent to an activating group) is 1. The summed E-state index contributed by atoms with van der Waals surface area (Å²) < 4.78 is 0. The molecule has 0 amide bonds. The maximum absolute atomic E-state index is 12.5. The van der Waals surface area contributed by atoms with Crippen LogP contribution in [0.15, 0.2) is 24.5 Å². The molecule has 3 nitrogen and oxygen atoms in total. The SMILES string of the molecule is CCC(CC)(C(=O)c1cccnc1)N(C)C. The molecule has 0 aliphatic heterocycles. The van der Waals surface area contributed by atoms with Gasteiger partial charge >= 0.3 is 0 Å². The number of hydrogen-bond acceptors (Lipinski definition) is 3. The number of carbonyl (C=O) groups is 1. The molecule has 0 aliphatic rings. The molecule has 0 bridgehead atoms. The molecule has 1 rings (SSSR count). The minimum atomic E-state index is -0.400. The highest BCUT2D eigenvalue weighted by atomic mass is 16.1. The first-order valence-electron chi connectivity index (χ1n) is 5.70. The Hall–Kier alpha value is -1.22. The molecule has 3 heteroatoms. The minimum absolute atomic E-state index is 0.163. The number of aromatic nitrogens is 1. The highest BCUT2D eigenvalue weighted by Crippen LogP contribution is 2.25. The molecule has 0 aromatic carbocycles. The summed E-state index contributed by atoms with van der Waals surface area (Å²) in [5.41, 5.74) is 0.295. The number of nitrogens with zero attached hydrogens (tertiary/aromatic N) is 2. The summed E-state index contributed by atoms with van der Waals surface area (Å²) in [6.45, 7) is 4.11. The smallest absolute Gasteiger partial charge is 0.184 e. The van der Waals surface area contributed by atoms with Crippen molar-refractivity contribution in [2.75, 3.05) is 14.1 Å². The van der Waals surface area contributed by atoms with E-state index in [-0.39, 0.29) is 5.78 Å². The summed E-state index contributed by atoms with van der Waals surface area (Å²) in [7, 11) is 3.92. The number of rotatable bonds is 5. The third-order valence-electron chi connectivity index (χ3n) is 3.37. The molecular formula is C13H20N2O. The second kappa shape index (κ2) is 5.21. The van der Waals surface area contributed by atoms with Crippen LogP contribution in [0.1, 0.15) is 37.0 Å².